The van der Waals surface area contributed by atoms with E-state index < -0.39 is 0 Å². The molecule has 0 aromatic heterocycles. The summed E-state index contributed by atoms with van der Waals surface area (Å²) in [6.07, 6.45) is 3.24. The third kappa shape index (κ3) is 4.17. The number of rotatable bonds is 5. The van der Waals surface area contributed by atoms with Crippen LogP contribution in [-0.4, -0.2) is 67.7 Å². The molecule has 3 unspecified atom stereocenters. The second-order valence-corrected chi connectivity index (χ2v) is 5.94. The van der Waals surface area contributed by atoms with Crippen molar-refractivity contribution >= 4 is 5.91 Å². The van der Waals surface area contributed by atoms with Gasteiger partial charge in [-0.1, -0.05) is 0 Å². The van der Waals surface area contributed by atoms with E-state index in [9.17, 15) is 4.79 Å². The van der Waals surface area contributed by atoms with Crippen LogP contribution in [0.15, 0.2) is 0 Å². The Hall–Kier alpha value is -1.16. The Morgan fingerprint density at radius 2 is 2.35 bits per heavy atom. The highest BCUT2D eigenvalue weighted by Crippen LogP contribution is 2.29. The van der Waals surface area contributed by atoms with Crippen LogP contribution < -0.4 is 5.73 Å². The van der Waals surface area contributed by atoms with Crippen molar-refractivity contribution in [3.8, 4) is 6.07 Å². The van der Waals surface area contributed by atoms with E-state index in [1.54, 1.807) is 0 Å². The standard InChI is InChI=1S/C14H24N4O2/c1-17(10-14(16)19)8-13-9-18(4-5-20-13)12-3-2-11(6-12)7-15/h11-13H,2-6,8-10H2,1H3,(H2,16,19). The van der Waals surface area contributed by atoms with Gasteiger partial charge in [0.05, 0.1) is 25.3 Å². The van der Waals surface area contributed by atoms with Crippen LogP contribution in [0.1, 0.15) is 19.3 Å². The normalized spacial score (nSPS) is 31.4. The molecule has 6 heteroatoms. The van der Waals surface area contributed by atoms with Gasteiger partial charge < -0.3 is 10.5 Å². The predicted octanol–water partition coefficient (Wildman–Crippen LogP) is -0.203. The molecule has 0 bridgehead atoms. The number of morpholine rings is 1. The molecule has 1 heterocycles. The van der Waals surface area contributed by atoms with Crippen LogP contribution in [0.2, 0.25) is 0 Å². The summed E-state index contributed by atoms with van der Waals surface area (Å²) in [6, 6.07) is 2.90. The predicted molar refractivity (Wildman–Crippen MR) is 74.7 cm³/mol. The molecule has 0 aromatic carbocycles. The van der Waals surface area contributed by atoms with E-state index in [1.165, 1.54) is 0 Å². The van der Waals surface area contributed by atoms with E-state index in [1.807, 2.05) is 11.9 Å². The molecular formula is C14H24N4O2. The Morgan fingerprint density at radius 1 is 1.55 bits per heavy atom. The Labute approximate surface area is 120 Å². The molecule has 1 aliphatic carbocycles. The molecule has 2 fully saturated rings. The first kappa shape index (κ1) is 15.2. The van der Waals surface area contributed by atoms with E-state index in [2.05, 4.69) is 11.0 Å². The number of hydrogen-bond acceptors (Lipinski definition) is 5. The van der Waals surface area contributed by atoms with Crippen LogP contribution in [0, 0.1) is 17.2 Å². The lowest BCUT2D eigenvalue weighted by Crippen LogP contribution is -2.50. The fraction of sp³-hybridized carbons (Fsp3) is 0.857. The smallest absolute Gasteiger partial charge is 0.231 e. The van der Waals surface area contributed by atoms with Crippen molar-refractivity contribution in [1.29, 1.82) is 5.26 Å². The molecule has 1 saturated heterocycles. The van der Waals surface area contributed by atoms with Gasteiger partial charge in [0.15, 0.2) is 0 Å². The largest absolute Gasteiger partial charge is 0.374 e. The van der Waals surface area contributed by atoms with Crippen molar-refractivity contribution in [1.82, 2.24) is 9.80 Å². The zero-order valence-electron chi connectivity index (χ0n) is 12.1. The fourth-order valence-corrected chi connectivity index (χ4v) is 3.27. The molecule has 1 amide bonds. The van der Waals surface area contributed by atoms with Crippen LogP contribution in [0.5, 0.6) is 0 Å². The Kier molecular flexibility index (Phi) is 5.35. The van der Waals surface area contributed by atoms with E-state index in [4.69, 9.17) is 15.7 Å². The maximum Gasteiger partial charge on any atom is 0.231 e. The van der Waals surface area contributed by atoms with Crippen molar-refractivity contribution in [3.05, 3.63) is 0 Å². The molecule has 2 aliphatic rings. The molecule has 20 heavy (non-hydrogen) atoms. The van der Waals surface area contributed by atoms with Crippen LogP contribution in [-0.2, 0) is 9.53 Å². The number of nitrogens with two attached hydrogens (primary N) is 1. The van der Waals surface area contributed by atoms with Gasteiger partial charge in [-0.05, 0) is 26.3 Å². The molecule has 6 nitrogen and oxygen atoms in total. The number of carbonyl (C=O) groups is 1. The van der Waals surface area contributed by atoms with Crippen molar-refractivity contribution in [2.24, 2.45) is 11.7 Å². The molecule has 3 atom stereocenters. The second-order valence-electron chi connectivity index (χ2n) is 5.94. The van der Waals surface area contributed by atoms with Crippen LogP contribution in [0.3, 0.4) is 0 Å². The lowest BCUT2D eigenvalue weighted by molar-refractivity contribution is -0.119. The first-order valence-electron chi connectivity index (χ1n) is 7.30. The average Bonchev–Trinajstić information content (AvgIpc) is 2.86. The van der Waals surface area contributed by atoms with Crippen LogP contribution in [0.4, 0.5) is 0 Å². The quantitative estimate of drug-likeness (QED) is 0.754. The highest BCUT2D eigenvalue weighted by Gasteiger charge is 2.32. The van der Waals surface area contributed by atoms with E-state index in [-0.39, 0.29) is 24.5 Å². The molecule has 0 spiro atoms. The summed E-state index contributed by atoms with van der Waals surface area (Å²) in [4.78, 5) is 15.2. The number of carbonyl (C=O) groups excluding carboxylic acids is 1. The molecule has 0 aromatic rings. The minimum atomic E-state index is -0.312. The van der Waals surface area contributed by atoms with Gasteiger partial charge in [0.25, 0.3) is 0 Å². The van der Waals surface area contributed by atoms with Gasteiger partial charge in [0.1, 0.15) is 0 Å². The molecule has 0 radical (unpaired) electrons. The minimum Gasteiger partial charge on any atom is -0.374 e. The monoisotopic (exact) mass is 280 g/mol. The van der Waals surface area contributed by atoms with Gasteiger partial charge in [0.2, 0.25) is 5.91 Å². The van der Waals surface area contributed by atoms with Gasteiger partial charge in [-0.15, -0.1) is 0 Å². The zero-order valence-corrected chi connectivity index (χ0v) is 12.1. The second kappa shape index (κ2) is 7.02. The molecular weight excluding hydrogens is 256 g/mol. The van der Waals surface area contributed by atoms with Crippen molar-refractivity contribution in [2.45, 2.75) is 31.4 Å². The number of nitrogens with zero attached hydrogens (tertiary/aromatic N) is 3. The molecule has 2 rings (SSSR count). The summed E-state index contributed by atoms with van der Waals surface area (Å²) in [7, 11) is 1.88. The Balaban J connectivity index is 1.80. The summed E-state index contributed by atoms with van der Waals surface area (Å²) < 4.78 is 5.77. The first-order valence-corrected chi connectivity index (χ1v) is 7.30. The highest BCUT2D eigenvalue weighted by atomic mass is 16.5. The van der Waals surface area contributed by atoms with Crippen molar-refractivity contribution in [3.63, 3.8) is 0 Å². The Morgan fingerprint density at radius 3 is 3.00 bits per heavy atom. The highest BCUT2D eigenvalue weighted by molar-refractivity contribution is 5.75. The molecule has 112 valence electrons. The third-order valence-corrected chi connectivity index (χ3v) is 4.22. The maximum absolute atomic E-state index is 10.9. The van der Waals surface area contributed by atoms with Crippen LogP contribution >= 0.6 is 0 Å². The number of nitriles is 1. The lowest BCUT2D eigenvalue weighted by Gasteiger charge is -2.38. The number of hydrogen-bond donors (Lipinski definition) is 1. The SMILES string of the molecule is CN(CC(N)=O)CC1CN(C2CCC(C#N)C2)CCO1. The molecule has 2 N–H and O–H groups in total. The van der Waals surface area contributed by atoms with Gasteiger partial charge >= 0.3 is 0 Å². The van der Waals surface area contributed by atoms with Gasteiger partial charge in [0, 0.05) is 31.6 Å². The maximum atomic E-state index is 10.9. The van der Waals surface area contributed by atoms with E-state index in [0.717, 1.165) is 39.0 Å². The summed E-state index contributed by atoms with van der Waals surface area (Å²) in [5.41, 5.74) is 5.19. The summed E-state index contributed by atoms with van der Waals surface area (Å²) in [5, 5.41) is 8.99. The number of ether oxygens (including phenoxy) is 1. The van der Waals surface area contributed by atoms with E-state index >= 15 is 0 Å². The molecule has 1 saturated carbocycles. The number of likely N-dealkylation sites (N-methyl/N-ethyl adjacent to an activating group) is 1. The number of amides is 1. The van der Waals surface area contributed by atoms with Gasteiger partial charge in [-0.25, -0.2) is 0 Å². The summed E-state index contributed by atoms with van der Waals surface area (Å²) >= 11 is 0. The molecule has 1 aliphatic heterocycles. The average molecular weight is 280 g/mol. The van der Waals surface area contributed by atoms with Gasteiger partial charge in [-0.3, -0.25) is 14.6 Å². The minimum absolute atomic E-state index is 0.120. The zero-order chi connectivity index (χ0) is 14.5. The topological polar surface area (TPSA) is 82.6 Å². The summed E-state index contributed by atoms with van der Waals surface area (Å²) in [6.45, 7) is 3.53. The van der Waals surface area contributed by atoms with Crippen LogP contribution in [0.25, 0.3) is 0 Å². The first-order chi connectivity index (χ1) is 9.58. The van der Waals surface area contributed by atoms with Crippen molar-refractivity contribution < 1.29 is 9.53 Å². The summed E-state index contributed by atoms with van der Waals surface area (Å²) in [5.74, 6) is -0.0911. The van der Waals surface area contributed by atoms with E-state index in [0.29, 0.717) is 12.6 Å². The lowest BCUT2D eigenvalue weighted by atomic mass is 10.1. The van der Waals surface area contributed by atoms with Crippen molar-refractivity contribution in [2.75, 3.05) is 39.8 Å². The van der Waals surface area contributed by atoms with Gasteiger partial charge in [-0.2, -0.15) is 5.26 Å². The fourth-order valence-electron chi connectivity index (χ4n) is 3.27. The number of primary amides is 1. The Bertz CT molecular complexity index is 382. The third-order valence-electron chi connectivity index (χ3n) is 4.22.